The Hall–Kier alpha value is -2.14. The van der Waals surface area contributed by atoms with E-state index in [0.717, 1.165) is 26.8 Å². The zero-order chi connectivity index (χ0) is 16.8. The Labute approximate surface area is 141 Å². The minimum Gasteiger partial charge on any atom is -0.496 e. The van der Waals surface area contributed by atoms with Gasteiger partial charge in [-0.1, -0.05) is 23.8 Å². The van der Waals surface area contributed by atoms with Crippen molar-refractivity contribution in [3.8, 4) is 5.75 Å². The van der Waals surface area contributed by atoms with E-state index in [-0.39, 0.29) is 5.91 Å². The number of ether oxygens (including phenoxy) is 1. The number of carbonyl (C=O) groups is 1. The third-order valence-electron chi connectivity index (χ3n) is 3.47. The van der Waals surface area contributed by atoms with Gasteiger partial charge in [0.1, 0.15) is 5.75 Å². The lowest BCUT2D eigenvalue weighted by Crippen LogP contribution is -2.24. The van der Waals surface area contributed by atoms with Crippen molar-refractivity contribution in [1.82, 2.24) is 9.88 Å². The van der Waals surface area contributed by atoms with Gasteiger partial charge >= 0.3 is 0 Å². The molecule has 1 heterocycles. The Kier molecular flexibility index (Phi) is 5.93. The Balaban J connectivity index is 2.00. The molecule has 4 nitrogen and oxygen atoms in total. The first kappa shape index (κ1) is 17.2. The summed E-state index contributed by atoms with van der Waals surface area (Å²) in [4.78, 5) is 19.3. The molecule has 5 heteroatoms. The number of para-hydroxylation sites is 1. The topological polar surface area (TPSA) is 42.4 Å². The monoisotopic (exact) mass is 330 g/mol. The molecule has 1 aromatic heterocycles. The average molecular weight is 330 g/mol. The van der Waals surface area contributed by atoms with Crippen molar-refractivity contribution in [2.45, 2.75) is 26.8 Å². The van der Waals surface area contributed by atoms with Crippen LogP contribution in [-0.2, 0) is 17.8 Å². The molecule has 1 amide bonds. The molecule has 0 aliphatic rings. The normalized spacial score (nSPS) is 11.4. The third-order valence-corrected chi connectivity index (χ3v) is 4.37. The first-order chi connectivity index (χ1) is 11.0. The number of benzene rings is 1. The van der Waals surface area contributed by atoms with Gasteiger partial charge in [-0.15, -0.1) is 11.3 Å². The number of allylic oxidation sites excluding steroid dienone is 1. The predicted molar refractivity (Wildman–Crippen MR) is 93.8 cm³/mol. The zero-order valence-electron chi connectivity index (χ0n) is 14.0. The van der Waals surface area contributed by atoms with Crippen LogP contribution in [0.5, 0.6) is 5.75 Å². The van der Waals surface area contributed by atoms with Gasteiger partial charge in [0, 0.05) is 24.2 Å². The summed E-state index contributed by atoms with van der Waals surface area (Å²) in [6.45, 7) is 4.52. The van der Waals surface area contributed by atoms with E-state index in [1.54, 1.807) is 29.4 Å². The number of aryl methyl sites for hydroxylation is 1. The Morgan fingerprint density at radius 2 is 2.13 bits per heavy atom. The molecule has 0 unspecified atom stereocenters. The molecule has 0 saturated carbocycles. The number of hydrogen-bond acceptors (Lipinski definition) is 4. The largest absolute Gasteiger partial charge is 0.496 e. The van der Waals surface area contributed by atoms with Gasteiger partial charge in [-0.25, -0.2) is 4.98 Å². The molecule has 0 aliphatic heterocycles. The number of rotatable bonds is 6. The highest BCUT2D eigenvalue weighted by Gasteiger charge is 2.10. The van der Waals surface area contributed by atoms with E-state index in [9.17, 15) is 4.79 Å². The smallest absolute Gasteiger partial charge is 0.246 e. The maximum atomic E-state index is 12.3. The molecule has 0 fully saturated rings. The minimum atomic E-state index is 0.00320. The number of thiazole rings is 1. The first-order valence-electron chi connectivity index (χ1n) is 7.45. The zero-order valence-corrected chi connectivity index (χ0v) is 14.8. The Morgan fingerprint density at radius 3 is 2.78 bits per heavy atom. The van der Waals surface area contributed by atoms with E-state index >= 15 is 0 Å². The number of carbonyl (C=O) groups excluding carboxylic acids is 1. The summed E-state index contributed by atoms with van der Waals surface area (Å²) < 4.78 is 5.35. The molecular weight excluding hydrogens is 308 g/mol. The van der Waals surface area contributed by atoms with Gasteiger partial charge in [-0.3, -0.25) is 4.79 Å². The molecule has 2 aromatic rings. The molecule has 23 heavy (non-hydrogen) atoms. The quantitative estimate of drug-likeness (QED) is 0.760. The van der Waals surface area contributed by atoms with Crippen LogP contribution in [0.15, 0.2) is 42.1 Å². The van der Waals surface area contributed by atoms with Gasteiger partial charge in [0.05, 0.1) is 18.7 Å². The Morgan fingerprint density at radius 1 is 1.39 bits per heavy atom. The van der Waals surface area contributed by atoms with Crippen LogP contribution in [0.2, 0.25) is 0 Å². The van der Waals surface area contributed by atoms with Crippen LogP contribution in [0.4, 0.5) is 0 Å². The van der Waals surface area contributed by atoms with Crippen molar-refractivity contribution in [3.05, 3.63) is 57.6 Å². The lowest BCUT2D eigenvalue weighted by Gasteiger charge is -2.14. The molecule has 122 valence electrons. The van der Waals surface area contributed by atoms with Gasteiger partial charge in [-0.2, -0.15) is 0 Å². The van der Waals surface area contributed by atoms with Gasteiger partial charge in [0.2, 0.25) is 5.91 Å². The number of methoxy groups -OCH3 is 1. The molecule has 2 rings (SSSR count). The van der Waals surface area contributed by atoms with Crippen molar-refractivity contribution in [1.29, 1.82) is 0 Å². The summed E-state index contributed by atoms with van der Waals surface area (Å²) in [5.74, 6) is 0.852. The highest BCUT2D eigenvalue weighted by atomic mass is 32.1. The molecule has 0 atom stereocenters. The summed E-state index contributed by atoms with van der Waals surface area (Å²) in [6.07, 6.45) is 4.22. The van der Waals surface area contributed by atoms with Gasteiger partial charge in [0.25, 0.3) is 0 Å². The molecule has 0 spiro atoms. The fourth-order valence-corrected chi connectivity index (χ4v) is 3.16. The number of amides is 1. The van der Waals surface area contributed by atoms with E-state index in [4.69, 9.17) is 4.74 Å². The first-order valence-corrected chi connectivity index (χ1v) is 8.26. The van der Waals surface area contributed by atoms with E-state index in [1.807, 2.05) is 51.4 Å². The maximum absolute atomic E-state index is 12.3. The summed E-state index contributed by atoms with van der Waals surface area (Å²) in [7, 11) is 3.47. The second-order valence-electron chi connectivity index (χ2n) is 5.52. The van der Waals surface area contributed by atoms with E-state index in [0.29, 0.717) is 13.0 Å². The maximum Gasteiger partial charge on any atom is 0.246 e. The highest BCUT2D eigenvalue weighted by molar-refractivity contribution is 7.11. The van der Waals surface area contributed by atoms with Crippen LogP contribution in [0.25, 0.3) is 0 Å². The van der Waals surface area contributed by atoms with Crippen LogP contribution in [0.3, 0.4) is 0 Å². The molecule has 1 aromatic carbocycles. The standard InChI is InChI=1S/C18H22N2O2S/c1-13(9-15-7-5-6-8-17(15)22-4)10-18(21)20(3)12-16-11-19-14(2)23-16/h5-8,10-11H,9,12H2,1-4H3/b13-10+. The molecule has 0 N–H and O–H groups in total. The van der Waals surface area contributed by atoms with Crippen molar-refractivity contribution in [2.24, 2.45) is 0 Å². The number of likely N-dealkylation sites (N-methyl/N-ethyl adjacent to an activating group) is 1. The Bertz CT molecular complexity index is 707. The van der Waals surface area contributed by atoms with Crippen LogP contribution < -0.4 is 4.74 Å². The lowest BCUT2D eigenvalue weighted by atomic mass is 10.0. The van der Waals surface area contributed by atoms with Gasteiger partial charge < -0.3 is 9.64 Å². The number of hydrogen-bond donors (Lipinski definition) is 0. The summed E-state index contributed by atoms with van der Waals surface area (Å²) in [6, 6.07) is 7.87. The van der Waals surface area contributed by atoms with Crippen molar-refractivity contribution >= 4 is 17.2 Å². The second-order valence-corrected chi connectivity index (χ2v) is 6.84. The molecule has 0 saturated heterocycles. The van der Waals surface area contributed by atoms with Crippen LogP contribution in [0.1, 0.15) is 22.4 Å². The van der Waals surface area contributed by atoms with E-state index < -0.39 is 0 Å². The van der Waals surface area contributed by atoms with Crippen molar-refractivity contribution in [3.63, 3.8) is 0 Å². The number of aromatic nitrogens is 1. The number of nitrogens with zero attached hydrogens (tertiary/aromatic N) is 2. The predicted octanol–water partition coefficient (Wildman–Crippen LogP) is 3.61. The molecular formula is C18H22N2O2S. The third kappa shape index (κ3) is 4.93. The summed E-state index contributed by atoms with van der Waals surface area (Å²) >= 11 is 1.62. The summed E-state index contributed by atoms with van der Waals surface area (Å²) in [5.41, 5.74) is 2.09. The highest BCUT2D eigenvalue weighted by Crippen LogP contribution is 2.20. The summed E-state index contributed by atoms with van der Waals surface area (Å²) in [5, 5.41) is 1.02. The van der Waals surface area contributed by atoms with Crippen molar-refractivity contribution < 1.29 is 9.53 Å². The lowest BCUT2D eigenvalue weighted by molar-refractivity contribution is -0.125. The fourth-order valence-electron chi connectivity index (χ4n) is 2.31. The van der Waals surface area contributed by atoms with Crippen LogP contribution >= 0.6 is 11.3 Å². The van der Waals surface area contributed by atoms with Crippen molar-refractivity contribution in [2.75, 3.05) is 14.2 Å². The average Bonchev–Trinajstić information content (AvgIpc) is 2.92. The molecule has 0 aliphatic carbocycles. The minimum absolute atomic E-state index is 0.00320. The molecule has 0 bridgehead atoms. The van der Waals surface area contributed by atoms with Crippen LogP contribution in [0, 0.1) is 6.92 Å². The van der Waals surface area contributed by atoms with Gasteiger partial charge in [-0.05, 0) is 31.9 Å². The molecule has 0 radical (unpaired) electrons. The van der Waals surface area contributed by atoms with Crippen LogP contribution in [-0.4, -0.2) is 29.9 Å². The SMILES string of the molecule is COc1ccccc1C/C(C)=C/C(=O)N(C)Cc1cnc(C)s1. The second kappa shape index (κ2) is 7.92. The van der Waals surface area contributed by atoms with E-state index in [1.165, 1.54) is 0 Å². The fraction of sp³-hybridized carbons (Fsp3) is 0.333. The van der Waals surface area contributed by atoms with E-state index in [2.05, 4.69) is 4.98 Å². The van der Waals surface area contributed by atoms with Gasteiger partial charge in [0.15, 0.2) is 0 Å².